The van der Waals surface area contributed by atoms with Gasteiger partial charge in [-0.2, -0.15) is 0 Å². The Morgan fingerprint density at radius 3 is 2.61 bits per heavy atom. The zero-order valence-corrected chi connectivity index (χ0v) is 10.8. The van der Waals surface area contributed by atoms with Crippen LogP contribution in [-0.2, 0) is 0 Å². The number of aliphatic hydroxyl groups is 1. The van der Waals surface area contributed by atoms with E-state index in [1.807, 2.05) is 13.8 Å². The first-order valence-electron chi connectivity index (χ1n) is 6.00. The summed E-state index contributed by atoms with van der Waals surface area (Å²) in [4.78, 5) is 25.9. The van der Waals surface area contributed by atoms with Crippen molar-refractivity contribution in [3.63, 3.8) is 0 Å². The number of hydrogen-bond donors (Lipinski definition) is 3. The van der Waals surface area contributed by atoms with E-state index in [2.05, 4.69) is 10.3 Å². The molecule has 5 heteroatoms. The molecule has 2 atom stereocenters. The highest BCUT2D eigenvalue weighted by molar-refractivity contribution is 5.99. The predicted octanol–water partition coefficient (Wildman–Crippen LogP) is 1.11. The quantitative estimate of drug-likeness (QED) is 0.703. The molecule has 0 saturated heterocycles. The maximum Gasteiger partial charge on any atom is 0.267 e. The third-order valence-corrected chi connectivity index (χ3v) is 3.86. The van der Waals surface area contributed by atoms with Gasteiger partial charge in [-0.05, 0) is 19.4 Å². The second-order valence-electron chi connectivity index (χ2n) is 5.46. The number of hydrogen-bond acceptors (Lipinski definition) is 3. The normalized spacial score (nSPS) is 25.3. The molecule has 1 heterocycles. The van der Waals surface area contributed by atoms with Gasteiger partial charge in [0.05, 0.1) is 6.10 Å². The van der Waals surface area contributed by atoms with E-state index < -0.39 is 0 Å². The van der Waals surface area contributed by atoms with Crippen molar-refractivity contribution >= 4 is 11.7 Å². The maximum absolute atomic E-state index is 11.9. The van der Waals surface area contributed by atoms with E-state index in [1.165, 1.54) is 13.1 Å². The molecule has 1 saturated carbocycles. The largest absolute Gasteiger partial charge is 0.392 e. The fourth-order valence-electron chi connectivity index (χ4n) is 2.11. The van der Waals surface area contributed by atoms with Crippen LogP contribution in [0.5, 0.6) is 0 Å². The Morgan fingerprint density at radius 2 is 2.17 bits per heavy atom. The van der Waals surface area contributed by atoms with Crippen LogP contribution in [-0.4, -0.2) is 33.9 Å². The smallest absolute Gasteiger partial charge is 0.267 e. The molecule has 1 amide bonds. The van der Waals surface area contributed by atoms with Crippen molar-refractivity contribution in [3.05, 3.63) is 23.5 Å². The van der Waals surface area contributed by atoms with Crippen LogP contribution in [0.2, 0.25) is 0 Å². The highest BCUT2D eigenvalue weighted by Gasteiger charge is 2.48. The van der Waals surface area contributed by atoms with Crippen LogP contribution in [0.4, 0.5) is 0 Å². The Morgan fingerprint density at radius 1 is 1.50 bits per heavy atom. The number of amides is 1. The fourth-order valence-corrected chi connectivity index (χ4v) is 2.11. The molecule has 2 unspecified atom stereocenters. The van der Waals surface area contributed by atoms with Crippen LogP contribution in [0.1, 0.15) is 48.0 Å². The van der Waals surface area contributed by atoms with Crippen LogP contribution >= 0.6 is 0 Å². The van der Waals surface area contributed by atoms with Crippen molar-refractivity contribution in [1.29, 1.82) is 0 Å². The van der Waals surface area contributed by atoms with E-state index >= 15 is 0 Å². The summed E-state index contributed by atoms with van der Waals surface area (Å²) >= 11 is 0. The number of H-pyrrole nitrogens is 1. The Labute approximate surface area is 106 Å². The van der Waals surface area contributed by atoms with Crippen molar-refractivity contribution in [3.8, 4) is 0 Å². The van der Waals surface area contributed by atoms with Gasteiger partial charge in [0, 0.05) is 23.2 Å². The molecule has 0 aromatic carbocycles. The van der Waals surface area contributed by atoms with Gasteiger partial charge in [-0.25, -0.2) is 0 Å². The summed E-state index contributed by atoms with van der Waals surface area (Å²) in [6.07, 6.45) is 1.72. The van der Waals surface area contributed by atoms with Crippen molar-refractivity contribution < 1.29 is 14.7 Å². The Kier molecular flexibility index (Phi) is 3.02. The van der Waals surface area contributed by atoms with Gasteiger partial charge in [0.2, 0.25) is 0 Å². The number of carbonyl (C=O) groups excluding carboxylic acids is 2. The average Bonchev–Trinajstić information content (AvgIpc) is 2.78. The molecule has 0 bridgehead atoms. The van der Waals surface area contributed by atoms with E-state index in [4.69, 9.17) is 0 Å². The van der Waals surface area contributed by atoms with E-state index in [0.29, 0.717) is 17.7 Å². The lowest BCUT2D eigenvalue weighted by Gasteiger charge is -2.49. The molecule has 3 N–H and O–H groups in total. The highest BCUT2D eigenvalue weighted by Crippen LogP contribution is 2.40. The van der Waals surface area contributed by atoms with Gasteiger partial charge in [-0.15, -0.1) is 0 Å². The van der Waals surface area contributed by atoms with Gasteiger partial charge in [-0.3, -0.25) is 9.59 Å². The fraction of sp³-hybridized carbons (Fsp3) is 0.538. The van der Waals surface area contributed by atoms with Gasteiger partial charge < -0.3 is 15.4 Å². The Hall–Kier alpha value is -1.62. The van der Waals surface area contributed by atoms with Crippen LogP contribution in [0.25, 0.3) is 0 Å². The molecule has 98 valence electrons. The minimum atomic E-state index is -0.376. The van der Waals surface area contributed by atoms with E-state index in [-0.39, 0.29) is 29.3 Å². The molecule has 1 aromatic heterocycles. The standard InChI is InChI=1S/C13H18N2O3/c1-7(16)8-4-9(14-6-8)12(18)15-10-5-11(17)13(10,2)3/h4,6,10-11,14,17H,5H2,1-3H3,(H,15,18). The molecule has 1 aliphatic carbocycles. The minimum absolute atomic E-state index is 0.0379. The van der Waals surface area contributed by atoms with E-state index in [1.54, 1.807) is 6.07 Å². The van der Waals surface area contributed by atoms with Gasteiger partial charge >= 0.3 is 0 Å². The molecular weight excluding hydrogens is 232 g/mol. The second-order valence-corrected chi connectivity index (χ2v) is 5.46. The number of aliphatic hydroxyl groups excluding tert-OH is 1. The molecule has 0 aliphatic heterocycles. The van der Waals surface area contributed by atoms with Gasteiger partial charge in [-0.1, -0.05) is 13.8 Å². The van der Waals surface area contributed by atoms with Crippen molar-refractivity contribution in [2.24, 2.45) is 5.41 Å². The summed E-state index contributed by atoms with van der Waals surface area (Å²) in [5, 5.41) is 12.5. The Bertz CT molecular complexity index is 490. The lowest BCUT2D eigenvalue weighted by molar-refractivity contribution is -0.0690. The van der Waals surface area contributed by atoms with E-state index in [0.717, 1.165) is 0 Å². The first kappa shape index (κ1) is 12.8. The lowest BCUT2D eigenvalue weighted by Crippen LogP contribution is -2.61. The topological polar surface area (TPSA) is 82.2 Å². The van der Waals surface area contributed by atoms with Crippen molar-refractivity contribution in [2.45, 2.75) is 39.3 Å². The summed E-state index contributed by atoms with van der Waals surface area (Å²) in [5.41, 5.74) is 0.566. The summed E-state index contributed by atoms with van der Waals surface area (Å²) in [7, 11) is 0. The number of rotatable bonds is 3. The van der Waals surface area contributed by atoms with Crippen LogP contribution in [0.15, 0.2) is 12.3 Å². The van der Waals surface area contributed by atoms with E-state index in [9.17, 15) is 14.7 Å². The van der Waals surface area contributed by atoms with Crippen molar-refractivity contribution in [2.75, 3.05) is 0 Å². The molecular formula is C13H18N2O3. The zero-order valence-electron chi connectivity index (χ0n) is 10.8. The average molecular weight is 250 g/mol. The number of carbonyl (C=O) groups is 2. The summed E-state index contributed by atoms with van der Waals surface area (Å²) in [5.74, 6) is -0.322. The number of Topliss-reactive ketones (excluding diaryl/α,β-unsaturated/α-hetero) is 1. The first-order valence-corrected chi connectivity index (χ1v) is 6.00. The molecule has 18 heavy (non-hydrogen) atoms. The third kappa shape index (κ3) is 2.06. The Balaban J connectivity index is 2.02. The van der Waals surface area contributed by atoms with Crippen LogP contribution in [0, 0.1) is 5.41 Å². The predicted molar refractivity (Wildman–Crippen MR) is 66.5 cm³/mol. The van der Waals surface area contributed by atoms with Crippen LogP contribution in [0.3, 0.4) is 0 Å². The molecule has 0 spiro atoms. The molecule has 1 aromatic rings. The lowest BCUT2D eigenvalue weighted by atomic mass is 9.64. The summed E-state index contributed by atoms with van der Waals surface area (Å²) in [6.45, 7) is 5.29. The third-order valence-electron chi connectivity index (χ3n) is 3.86. The summed E-state index contributed by atoms with van der Waals surface area (Å²) < 4.78 is 0. The SMILES string of the molecule is CC(=O)c1c[nH]c(C(=O)NC2CC(O)C2(C)C)c1. The van der Waals surface area contributed by atoms with Gasteiger partial charge in [0.25, 0.3) is 5.91 Å². The second kappa shape index (κ2) is 4.24. The number of aromatic amines is 1. The van der Waals surface area contributed by atoms with Crippen LogP contribution < -0.4 is 5.32 Å². The maximum atomic E-state index is 11.9. The summed E-state index contributed by atoms with van der Waals surface area (Å²) in [6, 6.07) is 1.50. The van der Waals surface area contributed by atoms with Gasteiger partial charge in [0.15, 0.2) is 5.78 Å². The minimum Gasteiger partial charge on any atom is -0.392 e. The molecule has 0 radical (unpaired) electrons. The molecule has 5 nitrogen and oxygen atoms in total. The molecule has 1 aliphatic rings. The van der Waals surface area contributed by atoms with Crippen molar-refractivity contribution in [1.82, 2.24) is 10.3 Å². The number of ketones is 1. The molecule has 2 rings (SSSR count). The monoisotopic (exact) mass is 250 g/mol. The number of aromatic nitrogens is 1. The number of nitrogens with one attached hydrogen (secondary N) is 2. The first-order chi connectivity index (χ1) is 8.32. The molecule has 1 fully saturated rings. The zero-order chi connectivity index (χ0) is 13.5. The highest BCUT2D eigenvalue weighted by atomic mass is 16.3. The van der Waals surface area contributed by atoms with Gasteiger partial charge in [0.1, 0.15) is 5.69 Å².